The van der Waals surface area contributed by atoms with Crippen molar-refractivity contribution in [3.63, 3.8) is 0 Å². The number of carbonyl (C=O) groups is 2. The maximum absolute atomic E-state index is 14.1. The fourth-order valence-electron chi connectivity index (χ4n) is 3.65. The largest absolute Gasteiger partial charge is 0.455 e. The molecule has 0 saturated carbocycles. The Morgan fingerprint density at radius 2 is 2.06 bits per heavy atom. The molecule has 34 heavy (non-hydrogen) atoms. The number of halogens is 2. The number of hydrogen-bond acceptors (Lipinski definition) is 6. The molecule has 0 spiro atoms. The Balaban J connectivity index is 1.44. The number of furan rings is 2. The van der Waals surface area contributed by atoms with Gasteiger partial charge in [0.1, 0.15) is 17.3 Å². The number of fused-ring (bicyclic) bond motifs is 1. The van der Waals surface area contributed by atoms with Crippen molar-refractivity contribution in [3.05, 3.63) is 65.3 Å². The first-order valence-electron chi connectivity index (χ1n) is 10.7. The van der Waals surface area contributed by atoms with Crippen LogP contribution >= 0.6 is 0 Å². The van der Waals surface area contributed by atoms with Crippen LogP contribution in [0.2, 0.25) is 0 Å². The van der Waals surface area contributed by atoms with E-state index in [1.165, 1.54) is 6.07 Å². The Hall–Kier alpha value is -3.79. The van der Waals surface area contributed by atoms with Crippen LogP contribution in [-0.4, -0.2) is 42.6 Å². The summed E-state index contributed by atoms with van der Waals surface area (Å²) in [6.07, 6.45) is 4.99. The molecular formula is C24H24F2N4O4. The summed E-state index contributed by atoms with van der Waals surface area (Å²) >= 11 is 0. The monoisotopic (exact) mass is 470 g/mol. The molecule has 1 aliphatic rings. The van der Waals surface area contributed by atoms with E-state index in [0.717, 1.165) is 31.3 Å². The van der Waals surface area contributed by atoms with Gasteiger partial charge >= 0.3 is 0 Å². The maximum Gasteiger partial charge on any atom is 0.291 e. The van der Waals surface area contributed by atoms with Crippen LogP contribution in [0, 0.1) is 17.6 Å². The average molecular weight is 470 g/mol. The van der Waals surface area contributed by atoms with Crippen LogP contribution in [0.3, 0.4) is 0 Å². The number of dihydropyridines is 1. The molecule has 1 aliphatic heterocycles. The second-order valence-corrected chi connectivity index (χ2v) is 8.31. The topological polar surface area (TPSA) is 114 Å². The van der Waals surface area contributed by atoms with E-state index < -0.39 is 29.2 Å². The summed E-state index contributed by atoms with van der Waals surface area (Å²) in [6, 6.07) is 4.68. The summed E-state index contributed by atoms with van der Waals surface area (Å²) in [5.74, 6) is -3.21. The van der Waals surface area contributed by atoms with E-state index in [1.54, 1.807) is 6.07 Å². The number of hydrogen-bond donors (Lipinski definition) is 2. The summed E-state index contributed by atoms with van der Waals surface area (Å²) < 4.78 is 38.6. The average Bonchev–Trinajstić information content (AvgIpc) is 3.39. The summed E-state index contributed by atoms with van der Waals surface area (Å²) in [7, 11) is 1.93. The minimum Gasteiger partial charge on any atom is -0.455 e. The van der Waals surface area contributed by atoms with E-state index >= 15 is 0 Å². The first kappa shape index (κ1) is 23.4. The molecule has 0 radical (unpaired) electrons. The van der Waals surface area contributed by atoms with E-state index in [1.807, 2.05) is 11.9 Å². The fraction of sp³-hybridized carbons (Fsp3) is 0.292. The first-order valence-corrected chi connectivity index (χ1v) is 10.7. The molecule has 4 rings (SSSR count). The molecule has 3 aromatic rings. The lowest BCUT2D eigenvalue weighted by molar-refractivity contribution is 0.0976. The molecule has 178 valence electrons. The van der Waals surface area contributed by atoms with Gasteiger partial charge in [0, 0.05) is 31.3 Å². The predicted molar refractivity (Wildman–Crippen MR) is 123 cm³/mol. The van der Waals surface area contributed by atoms with Crippen LogP contribution in [0.4, 0.5) is 14.5 Å². The number of aliphatic imine (C=N–C) groups is 1. The van der Waals surface area contributed by atoms with Crippen LogP contribution in [-0.2, 0) is 6.54 Å². The van der Waals surface area contributed by atoms with E-state index in [2.05, 4.69) is 29.4 Å². The van der Waals surface area contributed by atoms with Crippen molar-refractivity contribution >= 4 is 34.2 Å². The first-order chi connectivity index (χ1) is 16.2. The number of nitrogens with zero attached hydrogens (tertiary/aromatic N) is 2. The summed E-state index contributed by atoms with van der Waals surface area (Å²) in [5, 5.41) is 2.30. The number of benzene rings is 1. The van der Waals surface area contributed by atoms with Gasteiger partial charge in [0.2, 0.25) is 5.76 Å². The molecule has 2 amide bonds. The predicted octanol–water partition coefficient (Wildman–Crippen LogP) is 4.12. The highest BCUT2D eigenvalue weighted by atomic mass is 19.1. The highest BCUT2D eigenvalue weighted by Gasteiger charge is 2.25. The number of amides is 2. The highest BCUT2D eigenvalue weighted by Crippen LogP contribution is 2.33. The van der Waals surface area contributed by atoms with Gasteiger partial charge in [0.25, 0.3) is 11.8 Å². The SMILES string of the molecule is CC1C=CC(CCN(C)Cc2ccc(C(=O)Nc3c(C(N)=O)oc4c(F)cc(F)cc34)o2)=NC1. The van der Waals surface area contributed by atoms with E-state index in [0.29, 0.717) is 24.3 Å². The Labute approximate surface area is 194 Å². The van der Waals surface area contributed by atoms with Crippen LogP contribution in [0.5, 0.6) is 0 Å². The molecule has 8 nitrogen and oxygen atoms in total. The van der Waals surface area contributed by atoms with Gasteiger partial charge in [-0.3, -0.25) is 19.5 Å². The number of rotatable bonds is 8. The van der Waals surface area contributed by atoms with Gasteiger partial charge in [-0.05, 0) is 37.2 Å². The molecule has 0 saturated heterocycles. The van der Waals surface area contributed by atoms with Gasteiger partial charge in [0.15, 0.2) is 17.2 Å². The molecule has 1 aromatic carbocycles. The summed E-state index contributed by atoms with van der Waals surface area (Å²) in [4.78, 5) is 31.1. The smallest absolute Gasteiger partial charge is 0.291 e. The lowest BCUT2D eigenvalue weighted by atomic mass is 10.1. The molecule has 3 heterocycles. The van der Waals surface area contributed by atoms with Crippen molar-refractivity contribution in [1.82, 2.24) is 4.90 Å². The summed E-state index contributed by atoms with van der Waals surface area (Å²) in [6.45, 7) is 4.13. The van der Waals surface area contributed by atoms with Gasteiger partial charge in [-0.25, -0.2) is 8.78 Å². The van der Waals surface area contributed by atoms with Crippen LogP contribution in [0.15, 0.2) is 50.2 Å². The number of nitrogens with one attached hydrogen (secondary N) is 1. The molecule has 0 bridgehead atoms. The minimum absolute atomic E-state index is 0.0429. The van der Waals surface area contributed by atoms with Gasteiger partial charge in [0.05, 0.1) is 11.9 Å². The quantitative estimate of drug-likeness (QED) is 0.514. The lowest BCUT2D eigenvalue weighted by Crippen LogP contribution is -2.21. The second-order valence-electron chi connectivity index (χ2n) is 8.31. The Morgan fingerprint density at radius 1 is 1.26 bits per heavy atom. The van der Waals surface area contributed by atoms with Crippen LogP contribution in [0.1, 0.15) is 40.2 Å². The van der Waals surface area contributed by atoms with Crippen molar-refractivity contribution in [3.8, 4) is 0 Å². The number of carbonyl (C=O) groups excluding carboxylic acids is 2. The molecule has 1 unspecified atom stereocenters. The normalized spacial score (nSPS) is 15.7. The van der Waals surface area contributed by atoms with Gasteiger partial charge in [-0.2, -0.15) is 0 Å². The van der Waals surface area contributed by atoms with Crippen molar-refractivity contribution < 1.29 is 27.2 Å². The molecule has 0 aliphatic carbocycles. The Kier molecular flexibility index (Phi) is 6.60. The van der Waals surface area contributed by atoms with E-state index in [9.17, 15) is 18.4 Å². The molecule has 3 N–H and O–H groups in total. The standard InChI is InChI=1S/C24H24F2N4O4/c1-13-3-4-15(28-11-13)7-8-30(2)12-16-5-6-19(33-16)24(32)29-20-17-9-14(25)10-18(26)21(17)34-22(20)23(27)31/h3-6,9-10,13H,7-8,11-12H2,1-2H3,(H2,27,31)(H,29,32). The third-order valence-corrected chi connectivity index (χ3v) is 5.43. The van der Waals surface area contributed by atoms with E-state index in [4.69, 9.17) is 14.6 Å². The third kappa shape index (κ3) is 5.07. The Morgan fingerprint density at radius 3 is 2.76 bits per heavy atom. The van der Waals surface area contributed by atoms with Crippen LogP contribution in [0.25, 0.3) is 11.0 Å². The molecule has 0 fully saturated rings. The molecule has 2 aromatic heterocycles. The van der Waals surface area contributed by atoms with Gasteiger partial charge in [-0.15, -0.1) is 0 Å². The zero-order valence-corrected chi connectivity index (χ0v) is 18.7. The van der Waals surface area contributed by atoms with Crippen molar-refractivity contribution in [2.45, 2.75) is 19.9 Å². The Bertz CT molecular complexity index is 1310. The van der Waals surface area contributed by atoms with Crippen molar-refractivity contribution in [2.75, 3.05) is 25.5 Å². The molecule has 10 heteroatoms. The molecular weight excluding hydrogens is 446 g/mol. The van der Waals surface area contributed by atoms with Gasteiger partial charge < -0.3 is 19.9 Å². The number of nitrogens with two attached hydrogens (primary N) is 1. The van der Waals surface area contributed by atoms with Crippen molar-refractivity contribution in [2.24, 2.45) is 16.6 Å². The second kappa shape index (κ2) is 9.60. The van der Waals surface area contributed by atoms with Crippen LogP contribution < -0.4 is 11.1 Å². The minimum atomic E-state index is -1.04. The number of allylic oxidation sites excluding steroid dienone is 1. The zero-order valence-electron chi connectivity index (χ0n) is 18.7. The zero-order chi connectivity index (χ0) is 24.4. The summed E-state index contributed by atoms with van der Waals surface area (Å²) in [5.41, 5.74) is 5.72. The lowest BCUT2D eigenvalue weighted by Gasteiger charge is -2.16. The number of anilines is 1. The van der Waals surface area contributed by atoms with Gasteiger partial charge in [-0.1, -0.05) is 13.0 Å². The highest BCUT2D eigenvalue weighted by molar-refractivity contribution is 6.13. The third-order valence-electron chi connectivity index (χ3n) is 5.43. The number of primary amides is 1. The molecule has 1 atom stereocenters. The van der Waals surface area contributed by atoms with E-state index in [-0.39, 0.29) is 22.4 Å². The fourth-order valence-corrected chi connectivity index (χ4v) is 3.65. The van der Waals surface area contributed by atoms with Crippen molar-refractivity contribution in [1.29, 1.82) is 0 Å². The maximum atomic E-state index is 14.1.